The van der Waals surface area contributed by atoms with E-state index in [1.807, 2.05) is 23.1 Å². The predicted molar refractivity (Wildman–Crippen MR) is 57.7 cm³/mol. The molecular weight excluding hydrogens is 188 g/mol. The number of hydrogen-bond acceptors (Lipinski definition) is 2. The highest BCUT2D eigenvalue weighted by Gasteiger charge is 2.40. The van der Waals surface area contributed by atoms with Crippen LogP contribution in [-0.2, 0) is 0 Å². The summed E-state index contributed by atoms with van der Waals surface area (Å²) in [5.74, 6) is 0.198. The van der Waals surface area contributed by atoms with E-state index < -0.39 is 0 Å². The van der Waals surface area contributed by atoms with Gasteiger partial charge in [0.2, 0.25) is 0 Å². The van der Waals surface area contributed by atoms with Crippen LogP contribution in [-0.4, -0.2) is 29.9 Å². The zero-order chi connectivity index (χ0) is 10.4. The molecule has 0 spiro atoms. The first-order valence-corrected chi connectivity index (χ1v) is 5.42. The van der Waals surface area contributed by atoms with E-state index in [9.17, 15) is 4.79 Å². The van der Waals surface area contributed by atoms with Crippen LogP contribution in [0.25, 0.3) is 0 Å². The maximum Gasteiger partial charge on any atom is 0.254 e. The molecule has 2 unspecified atom stereocenters. The first kappa shape index (κ1) is 8.92. The van der Waals surface area contributed by atoms with E-state index in [0.717, 1.165) is 18.7 Å². The Balaban J connectivity index is 2.12. The van der Waals surface area contributed by atoms with Crippen molar-refractivity contribution in [2.45, 2.75) is 19.0 Å². The van der Waals surface area contributed by atoms with Gasteiger partial charge in [-0.3, -0.25) is 4.79 Å². The molecule has 15 heavy (non-hydrogen) atoms. The Morgan fingerprint density at radius 2 is 2.20 bits per heavy atom. The topological polar surface area (TPSA) is 32.3 Å². The number of nitrogens with one attached hydrogen (secondary N) is 1. The van der Waals surface area contributed by atoms with Crippen LogP contribution in [0.5, 0.6) is 0 Å². The third-order valence-corrected chi connectivity index (χ3v) is 3.40. The van der Waals surface area contributed by atoms with Crippen LogP contribution in [0.15, 0.2) is 24.3 Å². The maximum atomic E-state index is 12.1. The maximum absolute atomic E-state index is 12.1. The molecule has 1 fully saturated rings. The van der Waals surface area contributed by atoms with Gasteiger partial charge in [0.1, 0.15) is 0 Å². The van der Waals surface area contributed by atoms with Crippen molar-refractivity contribution in [2.24, 2.45) is 0 Å². The summed E-state index contributed by atoms with van der Waals surface area (Å²) in [6.45, 7) is 3.87. The zero-order valence-electron chi connectivity index (χ0n) is 8.73. The number of carbonyl (C=O) groups is 1. The number of piperazine rings is 1. The molecular formula is C12H14N2O. The average molecular weight is 202 g/mol. The molecule has 1 aromatic carbocycles. The summed E-state index contributed by atoms with van der Waals surface area (Å²) in [7, 11) is 0. The lowest BCUT2D eigenvalue weighted by molar-refractivity contribution is 0.0640. The van der Waals surface area contributed by atoms with Gasteiger partial charge in [0.25, 0.3) is 5.91 Å². The van der Waals surface area contributed by atoms with Crippen LogP contribution >= 0.6 is 0 Å². The Kier molecular flexibility index (Phi) is 1.83. The van der Waals surface area contributed by atoms with Gasteiger partial charge in [0, 0.05) is 24.7 Å². The van der Waals surface area contributed by atoms with Crippen LogP contribution in [0.2, 0.25) is 0 Å². The summed E-state index contributed by atoms with van der Waals surface area (Å²) >= 11 is 0. The number of fused-ring (bicyclic) bond motifs is 3. The van der Waals surface area contributed by atoms with Crippen LogP contribution in [0.3, 0.4) is 0 Å². The fraction of sp³-hybridized carbons (Fsp3) is 0.417. The van der Waals surface area contributed by atoms with Gasteiger partial charge >= 0.3 is 0 Å². The SMILES string of the molecule is CC1NCCN2C(=O)c3ccccc3C12. The highest BCUT2D eigenvalue weighted by atomic mass is 16.2. The third-order valence-electron chi connectivity index (χ3n) is 3.40. The Labute approximate surface area is 89.1 Å². The summed E-state index contributed by atoms with van der Waals surface area (Å²) in [5, 5.41) is 3.42. The fourth-order valence-corrected chi connectivity index (χ4v) is 2.70. The number of nitrogens with zero attached hydrogens (tertiary/aromatic N) is 1. The van der Waals surface area contributed by atoms with Crippen LogP contribution < -0.4 is 5.32 Å². The minimum absolute atomic E-state index is 0.198. The minimum atomic E-state index is 0.198. The number of amides is 1. The molecule has 78 valence electrons. The molecule has 0 radical (unpaired) electrons. The zero-order valence-corrected chi connectivity index (χ0v) is 8.73. The second-order valence-electron chi connectivity index (χ2n) is 4.27. The molecule has 1 amide bonds. The van der Waals surface area contributed by atoms with Gasteiger partial charge in [-0.25, -0.2) is 0 Å². The lowest BCUT2D eigenvalue weighted by Gasteiger charge is -2.36. The van der Waals surface area contributed by atoms with E-state index in [2.05, 4.69) is 18.3 Å². The van der Waals surface area contributed by atoms with Gasteiger partial charge in [0.05, 0.1) is 6.04 Å². The van der Waals surface area contributed by atoms with E-state index in [-0.39, 0.29) is 11.9 Å². The monoisotopic (exact) mass is 202 g/mol. The molecule has 2 aliphatic rings. The average Bonchev–Trinajstić information content (AvgIpc) is 2.55. The summed E-state index contributed by atoms with van der Waals surface area (Å²) in [6.07, 6.45) is 0. The number of rotatable bonds is 0. The quantitative estimate of drug-likeness (QED) is 0.685. The summed E-state index contributed by atoms with van der Waals surface area (Å²) in [6, 6.07) is 8.54. The van der Waals surface area contributed by atoms with Gasteiger partial charge < -0.3 is 10.2 Å². The summed E-state index contributed by atoms with van der Waals surface area (Å²) < 4.78 is 0. The molecule has 0 bridgehead atoms. The molecule has 0 aromatic heterocycles. The largest absolute Gasteiger partial charge is 0.329 e. The molecule has 2 atom stereocenters. The fourth-order valence-electron chi connectivity index (χ4n) is 2.70. The molecule has 1 saturated heterocycles. The van der Waals surface area contributed by atoms with Crippen LogP contribution in [0.4, 0.5) is 0 Å². The van der Waals surface area contributed by atoms with Crippen molar-refractivity contribution < 1.29 is 4.79 Å². The first-order chi connectivity index (χ1) is 7.29. The Hall–Kier alpha value is -1.35. The Morgan fingerprint density at radius 3 is 3.07 bits per heavy atom. The van der Waals surface area contributed by atoms with E-state index in [0.29, 0.717) is 6.04 Å². The molecule has 3 heteroatoms. The van der Waals surface area contributed by atoms with Gasteiger partial charge in [-0.15, -0.1) is 0 Å². The lowest BCUT2D eigenvalue weighted by atomic mass is 9.98. The predicted octanol–water partition coefficient (Wildman–Crippen LogP) is 1.18. The molecule has 3 rings (SSSR count). The molecule has 1 N–H and O–H groups in total. The number of hydrogen-bond donors (Lipinski definition) is 1. The summed E-state index contributed by atoms with van der Waals surface area (Å²) in [4.78, 5) is 14.1. The number of benzene rings is 1. The third kappa shape index (κ3) is 1.13. The molecule has 0 saturated carbocycles. The first-order valence-electron chi connectivity index (χ1n) is 5.42. The second-order valence-corrected chi connectivity index (χ2v) is 4.27. The standard InChI is InChI=1S/C12H14N2O/c1-8-11-9-4-2-3-5-10(9)12(15)14(11)7-6-13-8/h2-5,8,11,13H,6-7H2,1H3. The molecule has 3 nitrogen and oxygen atoms in total. The van der Waals surface area contributed by atoms with Crippen LogP contribution in [0, 0.1) is 0 Å². The summed E-state index contributed by atoms with van der Waals surface area (Å²) in [5.41, 5.74) is 2.07. The van der Waals surface area contributed by atoms with Crippen LogP contribution in [0.1, 0.15) is 28.9 Å². The van der Waals surface area contributed by atoms with E-state index in [4.69, 9.17) is 0 Å². The smallest absolute Gasteiger partial charge is 0.254 e. The van der Waals surface area contributed by atoms with E-state index in [1.165, 1.54) is 5.56 Å². The van der Waals surface area contributed by atoms with Gasteiger partial charge in [-0.2, -0.15) is 0 Å². The van der Waals surface area contributed by atoms with Crippen molar-refractivity contribution in [3.05, 3.63) is 35.4 Å². The normalized spacial score (nSPS) is 28.9. The van der Waals surface area contributed by atoms with Gasteiger partial charge in [0.15, 0.2) is 0 Å². The molecule has 2 aliphatic heterocycles. The van der Waals surface area contributed by atoms with Gasteiger partial charge in [-0.05, 0) is 18.6 Å². The van der Waals surface area contributed by atoms with Crippen molar-refractivity contribution >= 4 is 5.91 Å². The Morgan fingerprint density at radius 1 is 1.40 bits per heavy atom. The highest BCUT2D eigenvalue weighted by molar-refractivity contribution is 5.99. The van der Waals surface area contributed by atoms with Gasteiger partial charge in [-0.1, -0.05) is 18.2 Å². The molecule has 0 aliphatic carbocycles. The van der Waals surface area contributed by atoms with Crippen molar-refractivity contribution in [2.75, 3.05) is 13.1 Å². The van der Waals surface area contributed by atoms with Crippen molar-refractivity contribution in [3.8, 4) is 0 Å². The number of carbonyl (C=O) groups excluding carboxylic acids is 1. The second kappa shape index (κ2) is 3.07. The van der Waals surface area contributed by atoms with Crippen molar-refractivity contribution in [3.63, 3.8) is 0 Å². The molecule has 2 heterocycles. The minimum Gasteiger partial charge on any atom is -0.329 e. The van der Waals surface area contributed by atoms with Crippen molar-refractivity contribution in [1.82, 2.24) is 10.2 Å². The van der Waals surface area contributed by atoms with Crippen molar-refractivity contribution in [1.29, 1.82) is 0 Å². The van der Waals surface area contributed by atoms with E-state index >= 15 is 0 Å². The molecule has 1 aromatic rings. The highest BCUT2D eigenvalue weighted by Crippen LogP contribution is 2.36. The van der Waals surface area contributed by atoms with E-state index in [1.54, 1.807) is 0 Å². The lowest BCUT2D eigenvalue weighted by Crippen LogP contribution is -2.50. The Bertz CT molecular complexity index is 416.